The smallest absolute Gasteiger partial charge is 0.130 e. The molecule has 0 atom stereocenters. The van der Waals surface area contributed by atoms with Crippen molar-refractivity contribution in [1.29, 1.82) is 0 Å². The molecule has 0 saturated heterocycles. The summed E-state index contributed by atoms with van der Waals surface area (Å²) >= 11 is 0. The molecule has 0 fully saturated rings. The Bertz CT molecular complexity index is 358. The minimum atomic E-state index is -0.0542. The van der Waals surface area contributed by atoms with Crippen molar-refractivity contribution in [2.24, 2.45) is 0 Å². The quantitative estimate of drug-likeness (QED) is 0.744. The fourth-order valence-corrected chi connectivity index (χ4v) is 2.04. The van der Waals surface area contributed by atoms with Crippen LogP contribution in [0.5, 0.6) is 0 Å². The fourth-order valence-electron chi connectivity index (χ4n) is 2.04. The van der Waals surface area contributed by atoms with Gasteiger partial charge in [0.25, 0.3) is 0 Å². The Morgan fingerprint density at radius 2 is 1.69 bits per heavy atom. The summed E-state index contributed by atoms with van der Waals surface area (Å²) < 4.78 is 0. The maximum atomic E-state index is 11.2. The summed E-state index contributed by atoms with van der Waals surface area (Å²) in [7, 11) is 0. The molecule has 1 rings (SSSR count). The van der Waals surface area contributed by atoms with Gasteiger partial charge in [-0.05, 0) is 29.4 Å². The topological polar surface area (TPSA) is 17.1 Å². The summed E-state index contributed by atoms with van der Waals surface area (Å²) in [6.45, 7) is 10.3. The third kappa shape index (κ3) is 3.19. The van der Waals surface area contributed by atoms with Crippen molar-refractivity contribution < 1.29 is 4.79 Å². The first kappa shape index (κ1) is 13.0. The van der Waals surface area contributed by atoms with E-state index in [9.17, 15) is 4.79 Å². The molecule has 1 heteroatoms. The average Bonchev–Trinajstić information content (AvgIpc) is 2.16. The maximum Gasteiger partial charge on any atom is 0.130 e. The van der Waals surface area contributed by atoms with E-state index in [4.69, 9.17) is 0 Å². The maximum absolute atomic E-state index is 11.2. The van der Waals surface area contributed by atoms with Crippen LogP contribution in [0.2, 0.25) is 0 Å². The number of hydrogen-bond acceptors (Lipinski definition) is 1. The van der Waals surface area contributed by atoms with Crippen LogP contribution >= 0.6 is 0 Å². The molecule has 0 unspecified atom stereocenters. The van der Waals surface area contributed by atoms with Crippen molar-refractivity contribution in [2.45, 2.75) is 52.4 Å². The lowest BCUT2D eigenvalue weighted by atomic mass is 9.80. The highest BCUT2D eigenvalue weighted by Crippen LogP contribution is 2.28. The van der Waals surface area contributed by atoms with E-state index in [1.807, 2.05) is 0 Å². The van der Waals surface area contributed by atoms with E-state index in [1.54, 1.807) is 6.92 Å². The number of carbonyl (C=O) groups excluding carboxylic acids is 1. The van der Waals surface area contributed by atoms with E-state index < -0.39 is 0 Å². The van der Waals surface area contributed by atoms with Gasteiger partial charge >= 0.3 is 0 Å². The van der Waals surface area contributed by atoms with Crippen LogP contribution in [0.1, 0.15) is 58.1 Å². The van der Waals surface area contributed by atoms with Crippen LogP contribution in [-0.4, -0.2) is 5.78 Å². The summed E-state index contributed by atoms with van der Waals surface area (Å²) in [5.74, 6) is 0.808. The van der Waals surface area contributed by atoms with Gasteiger partial charge in [-0.3, -0.25) is 4.79 Å². The molecule has 0 aliphatic heterocycles. The van der Waals surface area contributed by atoms with Crippen molar-refractivity contribution in [3.8, 4) is 0 Å². The molecule has 0 saturated carbocycles. The number of benzene rings is 1. The summed E-state index contributed by atoms with van der Waals surface area (Å²) in [4.78, 5) is 11.2. The molecule has 1 aromatic carbocycles. The zero-order valence-corrected chi connectivity index (χ0v) is 11.0. The molecule has 0 bridgehead atoms. The van der Waals surface area contributed by atoms with E-state index in [0.29, 0.717) is 12.3 Å². The highest BCUT2D eigenvalue weighted by atomic mass is 16.1. The molecular weight excluding hydrogens is 196 g/mol. The molecule has 1 aromatic rings. The Kier molecular flexibility index (Phi) is 3.90. The molecule has 0 spiro atoms. The van der Waals surface area contributed by atoms with Crippen molar-refractivity contribution in [1.82, 2.24) is 0 Å². The highest BCUT2D eigenvalue weighted by Gasteiger charge is 2.22. The Morgan fingerprint density at radius 1 is 1.19 bits per heavy atom. The highest BCUT2D eigenvalue weighted by molar-refractivity contribution is 5.77. The predicted octanol–water partition coefficient (Wildman–Crippen LogP) is 4.07. The fraction of sp³-hybridized carbons (Fsp3) is 0.533. The molecule has 0 amide bonds. The van der Waals surface area contributed by atoms with Crippen LogP contribution in [0.4, 0.5) is 0 Å². The Labute approximate surface area is 98.9 Å². The van der Waals surface area contributed by atoms with Crippen LogP contribution in [0.3, 0.4) is 0 Å². The Morgan fingerprint density at radius 3 is 2.06 bits per heavy atom. The zero-order valence-electron chi connectivity index (χ0n) is 11.0. The number of Topliss-reactive ketones (excluding diaryl/α,β-unsaturated/α-hetero) is 1. The number of hydrogen-bond donors (Lipinski definition) is 0. The standard InChI is InChI=1S/C15H22O/c1-11(2)13-6-8-14(9-7-13)15(4,5)10-12(3)16/h6-9,11H,10H2,1-5H3. The molecule has 0 N–H and O–H groups in total. The lowest BCUT2D eigenvalue weighted by Crippen LogP contribution is -2.20. The number of rotatable bonds is 4. The van der Waals surface area contributed by atoms with Gasteiger partial charge in [0.1, 0.15) is 5.78 Å². The van der Waals surface area contributed by atoms with Crippen LogP contribution in [0, 0.1) is 0 Å². The Hall–Kier alpha value is -1.11. The van der Waals surface area contributed by atoms with Gasteiger partial charge in [0.2, 0.25) is 0 Å². The lowest BCUT2D eigenvalue weighted by molar-refractivity contribution is -0.118. The van der Waals surface area contributed by atoms with Crippen LogP contribution < -0.4 is 0 Å². The molecule has 0 aliphatic rings. The Balaban J connectivity index is 2.92. The number of ketones is 1. The molecule has 88 valence electrons. The molecular formula is C15H22O. The first-order valence-corrected chi connectivity index (χ1v) is 5.93. The predicted molar refractivity (Wildman–Crippen MR) is 68.9 cm³/mol. The lowest BCUT2D eigenvalue weighted by Gasteiger charge is -2.24. The largest absolute Gasteiger partial charge is 0.300 e. The third-order valence-electron chi connectivity index (χ3n) is 3.05. The van der Waals surface area contributed by atoms with E-state index in [1.165, 1.54) is 11.1 Å². The van der Waals surface area contributed by atoms with Crippen LogP contribution in [-0.2, 0) is 10.2 Å². The summed E-state index contributed by atoms with van der Waals surface area (Å²) in [5, 5.41) is 0. The van der Waals surface area contributed by atoms with Gasteiger partial charge in [-0.2, -0.15) is 0 Å². The van der Waals surface area contributed by atoms with E-state index in [-0.39, 0.29) is 11.2 Å². The molecule has 1 nitrogen and oxygen atoms in total. The molecule has 16 heavy (non-hydrogen) atoms. The van der Waals surface area contributed by atoms with Gasteiger partial charge in [0.15, 0.2) is 0 Å². The zero-order chi connectivity index (χ0) is 12.3. The van der Waals surface area contributed by atoms with Crippen molar-refractivity contribution >= 4 is 5.78 Å². The van der Waals surface area contributed by atoms with Gasteiger partial charge in [-0.15, -0.1) is 0 Å². The molecule has 0 aliphatic carbocycles. The molecule has 0 radical (unpaired) electrons. The molecule has 0 aromatic heterocycles. The van der Waals surface area contributed by atoms with Gasteiger partial charge in [0, 0.05) is 6.42 Å². The summed E-state index contributed by atoms with van der Waals surface area (Å²) in [5.41, 5.74) is 2.54. The second kappa shape index (κ2) is 4.82. The minimum absolute atomic E-state index is 0.0542. The minimum Gasteiger partial charge on any atom is -0.300 e. The van der Waals surface area contributed by atoms with Crippen LogP contribution in [0.15, 0.2) is 24.3 Å². The SMILES string of the molecule is CC(=O)CC(C)(C)c1ccc(C(C)C)cc1. The van der Waals surface area contributed by atoms with E-state index in [2.05, 4.69) is 52.0 Å². The second-order valence-electron chi connectivity index (χ2n) is 5.54. The number of carbonyl (C=O) groups is 1. The van der Waals surface area contributed by atoms with Gasteiger partial charge in [-0.1, -0.05) is 52.0 Å². The van der Waals surface area contributed by atoms with E-state index >= 15 is 0 Å². The first-order valence-electron chi connectivity index (χ1n) is 5.93. The normalized spacial score (nSPS) is 11.9. The monoisotopic (exact) mass is 218 g/mol. The van der Waals surface area contributed by atoms with Gasteiger partial charge < -0.3 is 0 Å². The van der Waals surface area contributed by atoms with Gasteiger partial charge in [-0.25, -0.2) is 0 Å². The summed E-state index contributed by atoms with van der Waals surface area (Å²) in [6, 6.07) is 8.64. The van der Waals surface area contributed by atoms with Crippen molar-refractivity contribution in [3.05, 3.63) is 35.4 Å². The second-order valence-corrected chi connectivity index (χ2v) is 5.54. The average molecular weight is 218 g/mol. The van der Waals surface area contributed by atoms with Gasteiger partial charge in [0.05, 0.1) is 0 Å². The third-order valence-corrected chi connectivity index (χ3v) is 3.05. The summed E-state index contributed by atoms with van der Waals surface area (Å²) in [6.07, 6.45) is 0.605. The van der Waals surface area contributed by atoms with Crippen molar-refractivity contribution in [2.75, 3.05) is 0 Å². The first-order chi connectivity index (χ1) is 7.33. The molecule has 0 heterocycles. The van der Waals surface area contributed by atoms with Crippen LogP contribution in [0.25, 0.3) is 0 Å². The van der Waals surface area contributed by atoms with E-state index in [0.717, 1.165) is 0 Å². The van der Waals surface area contributed by atoms with Crippen molar-refractivity contribution in [3.63, 3.8) is 0 Å².